The second-order valence-electron chi connectivity index (χ2n) is 5.33. The highest BCUT2D eigenvalue weighted by molar-refractivity contribution is 5.38. The van der Waals surface area contributed by atoms with Crippen LogP contribution in [0.4, 0.5) is 0 Å². The molecule has 1 aromatic carbocycles. The van der Waals surface area contributed by atoms with E-state index in [0.29, 0.717) is 0 Å². The molecule has 0 fully saturated rings. The van der Waals surface area contributed by atoms with Crippen LogP contribution in [0.25, 0.3) is 0 Å². The molecular weight excluding hydrogens is 192 g/mol. The van der Waals surface area contributed by atoms with Crippen LogP contribution in [0.1, 0.15) is 50.8 Å². The van der Waals surface area contributed by atoms with Gasteiger partial charge < -0.3 is 0 Å². The van der Waals surface area contributed by atoms with E-state index < -0.39 is 0 Å². The summed E-state index contributed by atoms with van der Waals surface area (Å²) in [4.78, 5) is 0. The Kier molecular flexibility index (Phi) is 5.05. The number of fused-ring (bicyclic) bond motifs is 1. The van der Waals surface area contributed by atoms with Gasteiger partial charge in [-0.2, -0.15) is 0 Å². The highest BCUT2D eigenvalue weighted by Gasteiger charge is 2.24. The number of aryl methyl sites for hydroxylation is 1. The van der Waals surface area contributed by atoms with E-state index in [0.717, 1.165) is 11.8 Å². The molecule has 1 unspecified atom stereocenters. The molecule has 0 N–H and O–H groups in total. The fraction of sp³-hybridized carbons (Fsp3) is 0.625. The second-order valence-corrected chi connectivity index (χ2v) is 5.33. The lowest BCUT2D eigenvalue weighted by Gasteiger charge is -2.12. The third-order valence-corrected chi connectivity index (χ3v) is 3.40. The Labute approximate surface area is 101 Å². The van der Waals surface area contributed by atoms with Crippen LogP contribution in [0, 0.1) is 18.8 Å². The summed E-state index contributed by atoms with van der Waals surface area (Å²) >= 11 is 0. The minimum absolute atomic E-state index is 0.826. The zero-order valence-corrected chi connectivity index (χ0v) is 11.5. The first-order valence-corrected chi connectivity index (χ1v) is 6.67. The van der Waals surface area contributed by atoms with Crippen LogP contribution < -0.4 is 0 Å². The number of benzene rings is 1. The molecule has 0 bridgehead atoms. The second kappa shape index (κ2) is 6.08. The Morgan fingerprint density at radius 2 is 1.81 bits per heavy atom. The SMILES string of the molecule is CCC.Cc1cccc2c1CC(C(C)C)C2. The topological polar surface area (TPSA) is 0 Å². The summed E-state index contributed by atoms with van der Waals surface area (Å²) in [5, 5.41) is 0. The molecule has 0 saturated heterocycles. The van der Waals surface area contributed by atoms with Gasteiger partial charge in [0.05, 0.1) is 0 Å². The summed E-state index contributed by atoms with van der Waals surface area (Å²) in [6.07, 6.45) is 3.86. The minimum Gasteiger partial charge on any atom is -0.0656 e. The highest BCUT2D eigenvalue weighted by atomic mass is 14.3. The minimum atomic E-state index is 0.826. The number of hydrogen-bond acceptors (Lipinski definition) is 0. The summed E-state index contributed by atoms with van der Waals surface area (Å²) in [5.74, 6) is 1.71. The van der Waals surface area contributed by atoms with Gasteiger partial charge in [0.25, 0.3) is 0 Å². The van der Waals surface area contributed by atoms with Crippen LogP contribution in [0.3, 0.4) is 0 Å². The molecular formula is C16H26. The lowest BCUT2D eigenvalue weighted by atomic mass is 9.93. The quantitative estimate of drug-likeness (QED) is 0.636. The van der Waals surface area contributed by atoms with E-state index >= 15 is 0 Å². The van der Waals surface area contributed by atoms with Crippen molar-refractivity contribution in [2.45, 2.75) is 53.9 Å². The molecule has 1 aromatic rings. The number of hydrogen-bond donors (Lipinski definition) is 0. The third kappa shape index (κ3) is 3.10. The first-order chi connectivity index (χ1) is 7.60. The Morgan fingerprint density at radius 3 is 2.31 bits per heavy atom. The first-order valence-electron chi connectivity index (χ1n) is 6.67. The van der Waals surface area contributed by atoms with Crippen LogP contribution in [0.2, 0.25) is 0 Å². The van der Waals surface area contributed by atoms with Gasteiger partial charge in [-0.05, 0) is 48.3 Å². The van der Waals surface area contributed by atoms with Gasteiger partial charge in [0.2, 0.25) is 0 Å². The van der Waals surface area contributed by atoms with Gasteiger partial charge in [0.1, 0.15) is 0 Å². The predicted molar refractivity (Wildman–Crippen MR) is 72.9 cm³/mol. The Balaban J connectivity index is 0.000000386. The maximum Gasteiger partial charge on any atom is -0.0239 e. The maximum atomic E-state index is 2.34. The van der Waals surface area contributed by atoms with Crippen LogP contribution in [-0.4, -0.2) is 0 Å². The van der Waals surface area contributed by atoms with Crippen LogP contribution in [0.15, 0.2) is 18.2 Å². The standard InChI is InChI=1S/C13H18.C3H8/c1-9(2)12-7-11-6-4-5-10(3)13(11)8-12;1-3-2/h4-6,9,12H,7-8H2,1-3H3;3H2,1-2H3. The third-order valence-electron chi connectivity index (χ3n) is 3.40. The maximum absolute atomic E-state index is 2.34. The van der Waals surface area contributed by atoms with E-state index in [2.05, 4.69) is 52.8 Å². The molecule has 0 aromatic heterocycles. The highest BCUT2D eigenvalue weighted by Crippen LogP contribution is 2.32. The molecule has 0 radical (unpaired) electrons. The monoisotopic (exact) mass is 218 g/mol. The molecule has 1 atom stereocenters. The van der Waals surface area contributed by atoms with E-state index in [4.69, 9.17) is 0 Å². The van der Waals surface area contributed by atoms with Gasteiger partial charge in [-0.3, -0.25) is 0 Å². The van der Waals surface area contributed by atoms with Crippen molar-refractivity contribution in [3.05, 3.63) is 34.9 Å². The zero-order chi connectivity index (χ0) is 12.1. The van der Waals surface area contributed by atoms with Crippen molar-refractivity contribution in [2.75, 3.05) is 0 Å². The van der Waals surface area contributed by atoms with E-state index in [1.165, 1.54) is 24.8 Å². The fourth-order valence-corrected chi connectivity index (χ4v) is 2.33. The number of rotatable bonds is 1. The summed E-state index contributed by atoms with van der Waals surface area (Å²) in [6.45, 7) is 11.2. The van der Waals surface area contributed by atoms with Crippen molar-refractivity contribution in [3.63, 3.8) is 0 Å². The largest absolute Gasteiger partial charge is 0.0656 e. The molecule has 0 heterocycles. The molecule has 0 spiro atoms. The summed E-state index contributed by atoms with van der Waals surface area (Å²) in [5.41, 5.74) is 4.71. The lowest BCUT2D eigenvalue weighted by Crippen LogP contribution is -2.07. The molecule has 1 aliphatic rings. The molecule has 0 heteroatoms. The zero-order valence-electron chi connectivity index (χ0n) is 11.5. The summed E-state index contributed by atoms with van der Waals surface area (Å²) in [6, 6.07) is 6.73. The molecule has 0 amide bonds. The molecule has 2 rings (SSSR count). The Bertz CT molecular complexity index is 323. The average Bonchev–Trinajstić information content (AvgIpc) is 2.64. The fourth-order valence-electron chi connectivity index (χ4n) is 2.33. The van der Waals surface area contributed by atoms with E-state index in [1.54, 1.807) is 11.1 Å². The van der Waals surface area contributed by atoms with Crippen molar-refractivity contribution in [2.24, 2.45) is 11.8 Å². The Hall–Kier alpha value is -0.780. The van der Waals surface area contributed by atoms with Gasteiger partial charge in [-0.25, -0.2) is 0 Å². The lowest BCUT2D eigenvalue weighted by molar-refractivity contribution is 0.404. The van der Waals surface area contributed by atoms with Crippen molar-refractivity contribution in [1.82, 2.24) is 0 Å². The van der Waals surface area contributed by atoms with E-state index in [-0.39, 0.29) is 0 Å². The van der Waals surface area contributed by atoms with Crippen molar-refractivity contribution < 1.29 is 0 Å². The van der Waals surface area contributed by atoms with Gasteiger partial charge in [0, 0.05) is 0 Å². The smallest absolute Gasteiger partial charge is 0.0239 e. The molecule has 16 heavy (non-hydrogen) atoms. The van der Waals surface area contributed by atoms with Crippen LogP contribution >= 0.6 is 0 Å². The van der Waals surface area contributed by atoms with E-state index in [9.17, 15) is 0 Å². The predicted octanol–water partition coefficient (Wildman–Crippen LogP) is 4.78. The normalized spacial score (nSPS) is 18.0. The van der Waals surface area contributed by atoms with Gasteiger partial charge in [-0.15, -0.1) is 0 Å². The average molecular weight is 218 g/mol. The van der Waals surface area contributed by atoms with Crippen molar-refractivity contribution in [3.8, 4) is 0 Å². The first kappa shape index (κ1) is 13.3. The molecule has 0 aliphatic heterocycles. The van der Waals surface area contributed by atoms with Gasteiger partial charge in [0.15, 0.2) is 0 Å². The van der Waals surface area contributed by atoms with E-state index in [1.807, 2.05) is 0 Å². The van der Waals surface area contributed by atoms with Gasteiger partial charge >= 0.3 is 0 Å². The molecule has 1 aliphatic carbocycles. The summed E-state index contributed by atoms with van der Waals surface area (Å²) < 4.78 is 0. The van der Waals surface area contributed by atoms with Crippen LogP contribution in [0.5, 0.6) is 0 Å². The van der Waals surface area contributed by atoms with Crippen molar-refractivity contribution >= 4 is 0 Å². The Morgan fingerprint density at radius 1 is 1.19 bits per heavy atom. The van der Waals surface area contributed by atoms with Crippen LogP contribution in [-0.2, 0) is 12.8 Å². The summed E-state index contributed by atoms with van der Waals surface area (Å²) in [7, 11) is 0. The molecule has 90 valence electrons. The molecule has 0 saturated carbocycles. The molecule has 0 nitrogen and oxygen atoms in total. The van der Waals surface area contributed by atoms with Crippen molar-refractivity contribution in [1.29, 1.82) is 0 Å². The van der Waals surface area contributed by atoms with Gasteiger partial charge in [-0.1, -0.05) is 52.3 Å².